The third kappa shape index (κ3) is 4.53. The largest absolute Gasteiger partial charge is 0.493 e. The molecule has 0 radical (unpaired) electrons. The van der Waals surface area contributed by atoms with Crippen LogP contribution in [-0.4, -0.2) is 44.1 Å². The van der Waals surface area contributed by atoms with Gasteiger partial charge in [-0.2, -0.15) is 0 Å². The standard InChI is InChI=1S/C30H31N3O4/c1-4-28(34)33-15-14-19-16-20(12-13-26(19)33)30(35)32-18-24(22-9-7-11-27(36-2)29(22)37-3)23-17-31-25-10-6-5-8-21(23)25/h5-13,16-17,24,31H,4,14-15,18H2,1-3H3,(H,32,35). The molecule has 7 heteroatoms. The average molecular weight is 498 g/mol. The van der Waals surface area contributed by atoms with Crippen LogP contribution in [0.4, 0.5) is 5.69 Å². The number of anilines is 1. The van der Waals surface area contributed by atoms with Gasteiger partial charge in [-0.3, -0.25) is 9.59 Å². The maximum Gasteiger partial charge on any atom is 0.251 e. The zero-order valence-electron chi connectivity index (χ0n) is 21.3. The van der Waals surface area contributed by atoms with Crippen LogP contribution in [0.2, 0.25) is 0 Å². The van der Waals surface area contributed by atoms with Crippen molar-refractivity contribution in [2.45, 2.75) is 25.7 Å². The molecule has 2 heterocycles. The monoisotopic (exact) mass is 497 g/mol. The van der Waals surface area contributed by atoms with Gasteiger partial charge in [-0.05, 0) is 47.9 Å². The Morgan fingerprint density at radius 1 is 1.03 bits per heavy atom. The number of ether oxygens (including phenoxy) is 2. The minimum absolute atomic E-state index is 0.102. The van der Waals surface area contributed by atoms with Gasteiger partial charge in [-0.15, -0.1) is 0 Å². The number of para-hydroxylation sites is 2. The Morgan fingerprint density at radius 3 is 2.65 bits per heavy atom. The van der Waals surface area contributed by atoms with Crippen LogP contribution in [0.5, 0.6) is 11.5 Å². The highest BCUT2D eigenvalue weighted by Gasteiger charge is 2.26. The summed E-state index contributed by atoms with van der Waals surface area (Å²) in [5.74, 6) is 1.05. The molecule has 2 amide bonds. The molecule has 0 bridgehead atoms. The van der Waals surface area contributed by atoms with E-state index in [1.165, 1.54) is 0 Å². The molecule has 190 valence electrons. The van der Waals surface area contributed by atoms with Crippen molar-refractivity contribution >= 4 is 28.4 Å². The van der Waals surface area contributed by atoms with Crippen molar-refractivity contribution < 1.29 is 19.1 Å². The second kappa shape index (κ2) is 10.4. The molecule has 0 fully saturated rings. The van der Waals surface area contributed by atoms with Crippen LogP contribution in [0, 0.1) is 0 Å². The van der Waals surface area contributed by atoms with Gasteiger partial charge in [0.15, 0.2) is 11.5 Å². The zero-order chi connectivity index (χ0) is 25.9. The van der Waals surface area contributed by atoms with Gasteiger partial charge in [0.2, 0.25) is 5.91 Å². The van der Waals surface area contributed by atoms with Crippen LogP contribution >= 0.6 is 0 Å². The highest BCUT2D eigenvalue weighted by Crippen LogP contribution is 2.40. The molecule has 1 aliphatic rings. The third-order valence-electron chi connectivity index (χ3n) is 7.11. The molecular weight excluding hydrogens is 466 g/mol. The Bertz CT molecular complexity index is 1460. The molecule has 7 nitrogen and oxygen atoms in total. The Labute approximate surface area is 216 Å². The minimum atomic E-state index is -0.183. The molecule has 1 unspecified atom stereocenters. The Morgan fingerprint density at radius 2 is 1.86 bits per heavy atom. The molecular formula is C30H31N3O4. The van der Waals surface area contributed by atoms with Crippen molar-refractivity contribution in [1.29, 1.82) is 0 Å². The van der Waals surface area contributed by atoms with Crippen LogP contribution in [0.15, 0.2) is 66.9 Å². The van der Waals surface area contributed by atoms with Crippen molar-refractivity contribution in [2.24, 2.45) is 0 Å². The number of methoxy groups -OCH3 is 2. The van der Waals surface area contributed by atoms with Gasteiger partial charge in [-0.25, -0.2) is 0 Å². The molecule has 0 aliphatic carbocycles. The van der Waals surface area contributed by atoms with Crippen molar-refractivity contribution in [3.63, 3.8) is 0 Å². The van der Waals surface area contributed by atoms with Gasteiger partial charge in [0.05, 0.1) is 14.2 Å². The third-order valence-corrected chi connectivity index (χ3v) is 7.11. The summed E-state index contributed by atoms with van der Waals surface area (Å²) in [5, 5.41) is 4.23. The summed E-state index contributed by atoms with van der Waals surface area (Å²) < 4.78 is 11.3. The topological polar surface area (TPSA) is 83.7 Å². The average Bonchev–Trinajstić information content (AvgIpc) is 3.56. The number of carbonyl (C=O) groups excluding carboxylic acids is 2. The first-order valence-electron chi connectivity index (χ1n) is 12.5. The molecule has 4 aromatic rings. The van der Waals surface area contributed by atoms with E-state index in [0.717, 1.165) is 39.7 Å². The van der Waals surface area contributed by atoms with Gasteiger partial charge < -0.3 is 24.7 Å². The quantitative estimate of drug-likeness (QED) is 0.357. The second-order valence-electron chi connectivity index (χ2n) is 9.13. The number of H-pyrrole nitrogens is 1. The summed E-state index contributed by atoms with van der Waals surface area (Å²) in [4.78, 5) is 30.7. The summed E-state index contributed by atoms with van der Waals surface area (Å²) in [6.07, 6.45) is 3.21. The lowest BCUT2D eigenvalue weighted by Gasteiger charge is -2.22. The summed E-state index contributed by atoms with van der Waals surface area (Å²) in [5.41, 5.74) is 5.53. The van der Waals surface area contributed by atoms with Crippen molar-refractivity contribution in [1.82, 2.24) is 10.3 Å². The van der Waals surface area contributed by atoms with E-state index in [1.807, 2.05) is 61.7 Å². The van der Waals surface area contributed by atoms with E-state index in [2.05, 4.69) is 16.4 Å². The normalized spacial score (nSPS) is 13.3. The lowest BCUT2D eigenvalue weighted by molar-refractivity contribution is -0.118. The van der Waals surface area contributed by atoms with E-state index in [9.17, 15) is 9.59 Å². The number of rotatable bonds is 8. The second-order valence-corrected chi connectivity index (χ2v) is 9.13. The number of benzene rings is 3. The number of aromatic amines is 1. The number of nitrogens with zero attached hydrogens (tertiary/aromatic N) is 1. The fourth-order valence-electron chi connectivity index (χ4n) is 5.25. The first-order valence-corrected chi connectivity index (χ1v) is 12.5. The van der Waals surface area contributed by atoms with E-state index in [-0.39, 0.29) is 17.7 Å². The minimum Gasteiger partial charge on any atom is -0.493 e. The van der Waals surface area contributed by atoms with E-state index in [4.69, 9.17) is 9.47 Å². The van der Waals surface area contributed by atoms with Gasteiger partial charge in [0.25, 0.3) is 5.91 Å². The predicted molar refractivity (Wildman–Crippen MR) is 145 cm³/mol. The van der Waals surface area contributed by atoms with Crippen LogP contribution in [0.25, 0.3) is 10.9 Å². The maximum atomic E-state index is 13.3. The fourth-order valence-corrected chi connectivity index (χ4v) is 5.25. The van der Waals surface area contributed by atoms with Gasteiger partial charge in [0, 0.05) is 59.3 Å². The molecule has 2 N–H and O–H groups in total. The van der Waals surface area contributed by atoms with Crippen molar-refractivity contribution in [3.05, 3.63) is 89.1 Å². The lowest BCUT2D eigenvalue weighted by Crippen LogP contribution is -2.29. The maximum absolute atomic E-state index is 13.3. The van der Waals surface area contributed by atoms with Crippen LogP contribution in [0.1, 0.15) is 46.3 Å². The molecule has 0 saturated heterocycles. The van der Waals surface area contributed by atoms with Gasteiger partial charge in [0.1, 0.15) is 0 Å². The van der Waals surface area contributed by atoms with Gasteiger partial charge in [-0.1, -0.05) is 37.3 Å². The molecule has 37 heavy (non-hydrogen) atoms. The first kappa shape index (κ1) is 24.4. The van der Waals surface area contributed by atoms with E-state index in [0.29, 0.717) is 36.6 Å². The van der Waals surface area contributed by atoms with E-state index in [1.54, 1.807) is 25.2 Å². The number of aromatic nitrogens is 1. The first-order chi connectivity index (χ1) is 18.0. The van der Waals surface area contributed by atoms with Crippen molar-refractivity contribution in [2.75, 3.05) is 32.2 Å². The molecule has 0 saturated carbocycles. The fraction of sp³-hybridized carbons (Fsp3) is 0.267. The highest BCUT2D eigenvalue weighted by atomic mass is 16.5. The number of carbonyl (C=O) groups is 2. The van der Waals surface area contributed by atoms with Crippen LogP contribution in [-0.2, 0) is 11.2 Å². The molecule has 1 aliphatic heterocycles. The molecule has 0 spiro atoms. The lowest BCUT2D eigenvalue weighted by atomic mass is 9.89. The number of hydrogen-bond donors (Lipinski definition) is 2. The number of hydrogen-bond acceptors (Lipinski definition) is 4. The summed E-state index contributed by atoms with van der Waals surface area (Å²) >= 11 is 0. The Balaban J connectivity index is 1.45. The Kier molecular flexibility index (Phi) is 6.86. The smallest absolute Gasteiger partial charge is 0.251 e. The summed E-state index contributed by atoms with van der Waals surface area (Å²) in [6, 6.07) is 19.5. The molecule has 1 aromatic heterocycles. The van der Waals surface area contributed by atoms with E-state index < -0.39 is 0 Å². The SMILES string of the molecule is CCC(=O)N1CCc2cc(C(=O)NCC(c3cccc(OC)c3OC)c3c[nH]c4ccccc34)ccc21. The molecule has 3 aromatic carbocycles. The summed E-state index contributed by atoms with van der Waals surface area (Å²) in [6.45, 7) is 2.89. The number of amides is 2. The zero-order valence-corrected chi connectivity index (χ0v) is 21.3. The van der Waals surface area contributed by atoms with Crippen molar-refractivity contribution in [3.8, 4) is 11.5 Å². The number of fused-ring (bicyclic) bond motifs is 2. The number of nitrogens with one attached hydrogen (secondary N) is 2. The van der Waals surface area contributed by atoms with Gasteiger partial charge >= 0.3 is 0 Å². The molecule has 5 rings (SSSR count). The van der Waals surface area contributed by atoms with E-state index >= 15 is 0 Å². The molecule has 1 atom stereocenters. The predicted octanol–water partition coefficient (Wildman–Crippen LogP) is 5.05. The summed E-state index contributed by atoms with van der Waals surface area (Å²) in [7, 11) is 3.25. The van der Waals surface area contributed by atoms with Crippen LogP contribution in [0.3, 0.4) is 0 Å². The highest BCUT2D eigenvalue weighted by molar-refractivity contribution is 5.98. The Hall–Kier alpha value is -4.26. The van der Waals surface area contributed by atoms with Crippen LogP contribution < -0.4 is 19.7 Å².